The maximum atomic E-state index is 15.9. The van der Waals surface area contributed by atoms with Crippen LogP contribution in [0.15, 0.2) is 62.9 Å². The number of ether oxygens (including phenoxy) is 1. The Bertz CT molecular complexity index is 1970. The Hall–Kier alpha value is -2.78. The van der Waals surface area contributed by atoms with Crippen LogP contribution in [0.25, 0.3) is 28.3 Å². The summed E-state index contributed by atoms with van der Waals surface area (Å²) in [6, 6.07) is 12.0. The average Bonchev–Trinajstić information content (AvgIpc) is 3.69. The van der Waals surface area contributed by atoms with Crippen LogP contribution in [0.5, 0.6) is 0 Å². The van der Waals surface area contributed by atoms with Gasteiger partial charge in [-0.2, -0.15) is 10.1 Å². The third kappa shape index (κ3) is 7.46. The van der Waals surface area contributed by atoms with Crippen LogP contribution < -0.4 is 11.3 Å². The zero-order valence-corrected chi connectivity index (χ0v) is 26.5. The van der Waals surface area contributed by atoms with Crippen molar-refractivity contribution in [3.05, 3.63) is 92.3 Å². The van der Waals surface area contributed by atoms with Gasteiger partial charge in [0.2, 0.25) is 5.78 Å². The molecule has 0 spiro atoms. The van der Waals surface area contributed by atoms with Gasteiger partial charge in [-0.25, -0.2) is 13.7 Å². The fourth-order valence-electron chi connectivity index (χ4n) is 6.31. The van der Waals surface area contributed by atoms with E-state index < -0.39 is 17.2 Å². The normalized spacial score (nSPS) is 17.5. The van der Waals surface area contributed by atoms with Crippen LogP contribution in [-0.2, 0) is 17.6 Å². The molecule has 1 saturated carbocycles. The second kappa shape index (κ2) is 14.8. The van der Waals surface area contributed by atoms with Crippen LogP contribution >= 0.6 is 0 Å². The Balaban J connectivity index is 0.00000433. The molecule has 0 bridgehead atoms. The predicted molar refractivity (Wildman–Crippen MR) is 177 cm³/mol. The van der Waals surface area contributed by atoms with E-state index in [1.807, 2.05) is 26.0 Å². The molecular formula is C34H40FKN6O5. The minimum absolute atomic E-state index is 0. The molecule has 1 aliphatic carbocycles. The van der Waals surface area contributed by atoms with Gasteiger partial charge in [-0.3, -0.25) is 18.9 Å². The number of nitrogens with zero attached hydrogens (tertiary/aromatic N) is 5. The van der Waals surface area contributed by atoms with E-state index >= 15 is 4.39 Å². The Kier molecular flexibility index (Phi) is 11.2. The molecule has 1 aliphatic rings. The number of aromatic nitrogens is 6. The summed E-state index contributed by atoms with van der Waals surface area (Å²) >= 11 is 0. The molecule has 13 heteroatoms. The van der Waals surface area contributed by atoms with E-state index in [2.05, 4.69) is 24.7 Å². The van der Waals surface area contributed by atoms with Crippen LogP contribution in [0, 0.1) is 5.82 Å². The van der Waals surface area contributed by atoms with Gasteiger partial charge in [0.25, 0.3) is 5.56 Å². The number of aryl methyl sites for hydroxylation is 1. The summed E-state index contributed by atoms with van der Waals surface area (Å²) in [4.78, 5) is 32.9. The number of rotatable bonds is 10. The van der Waals surface area contributed by atoms with Crippen molar-refractivity contribution < 1.29 is 18.8 Å². The predicted octanol–water partition coefficient (Wildman–Crippen LogP) is 4.59. The number of H-pyrrole nitrogens is 1. The number of halogens is 1. The number of aliphatic hydroxyl groups is 1. The molecule has 5 aromatic rings. The molecule has 6 rings (SSSR count). The Labute approximate surface area is 314 Å². The number of hydrogen-bond donors (Lipinski definition) is 2. The molecule has 1 atom stereocenters. The molecule has 2 N–H and O–H groups in total. The van der Waals surface area contributed by atoms with Crippen molar-refractivity contribution in [2.75, 3.05) is 0 Å². The summed E-state index contributed by atoms with van der Waals surface area (Å²) in [5, 5.41) is 18.6. The number of nitrogens with one attached hydrogen (secondary N) is 1. The van der Waals surface area contributed by atoms with Gasteiger partial charge in [0.15, 0.2) is 5.82 Å². The SMILES string of the molecule is CCCc1c(Cc2ccc(-c3ccccc3-c3noc(=O)[nH]3)cc2F)c(=O)n(C2CCC(OC(C)C(C)(C)O)CC2)c2ncnn12.[KH]. The van der Waals surface area contributed by atoms with Crippen LogP contribution in [-0.4, -0.2) is 104 Å². The first-order chi connectivity index (χ1) is 22.0. The fraction of sp³-hybridized carbons (Fsp3) is 0.441. The molecular weight excluding hydrogens is 631 g/mol. The van der Waals surface area contributed by atoms with Crippen LogP contribution in [0.3, 0.4) is 0 Å². The van der Waals surface area contributed by atoms with Gasteiger partial charge in [-0.05, 0) is 75.6 Å². The molecule has 3 aromatic heterocycles. The van der Waals surface area contributed by atoms with Gasteiger partial charge < -0.3 is 9.84 Å². The molecule has 0 saturated heterocycles. The second-order valence-electron chi connectivity index (χ2n) is 12.7. The van der Waals surface area contributed by atoms with Crippen molar-refractivity contribution in [1.82, 2.24) is 29.3 Å². The molecule has 1 unspecified atom stereocenters. The summed E-state index contributed by atoms with van der Waals surface area (Å²) < 4.78 is 30.2. The second-order valence-corrected chi connectivity index (χ2v) is 12.7. The van der Waals surface area contributed by atoms with Gasteiger partial charge in [-0.15, -0.1) is 0 Å². The maximum absolute atomic E-state index is 15.9. The Morgan fingerprint density at radius 1 is 1.13 bits per heavy atom. The number of fused-ring (bicyclic) bond motifs is 1. The standard InChI is InChI=1S/C34H39FN6O5.K.H/c1-5-8-29-27(17-22-12-11-21(18-28(22)35)25-9-6-7-10-26(25)30-38-33(43)46-39-30)31(42)40(32-36-19-37-41(29)32)23-13-15-24(16-14-23)45-20(2)34(3,4)44;;/h6-7,9-12,18-20,23-24,44H,5,8,13-17H2,1-4H3,(H,38,39,43);;. The first-order valence-corrected chi connectivity index (χ1v) is 15.8. The van der Waals surface area contributed by atoms with Crippen molar-refractivity contribution in [3.63, 3.8) is 0 Å². The number of aromatic amines is 1. The van der Waals surface area contributed by atoms with E-state index in [0.717, 1.165) is 25.0 Å². The molecule has 0 amide bonds. The van der Waals surface area contributed by atoms with Gasteiger partial charge in [-0.1, -0.05) is 54.9 Å². The van der Waals surface area contributed by atoms with Crippen LogP contribution in [0.2, 0.25) is 0 Å². The van der Waals surface area contributed by atoms with E-state index in [0.29, 0.717) is 52.9 Å². The van der Waals surface area contributed by atoms with Gasteiger partial charge in [0.05, 0.1) is 23.5 Å². The summed E-state index contributed by atoms with van der Waals surface area (Å²) in [6.45, 7) is 7.38. The third-order valence-corrected chi connectivity index (χ3v) is 9.07. The van der Waals surface area contributed by atoms with E-state index in [4.69, 9.17) is 4.74 Å². The van der Waals surface area contributed by atoms with Crippen molar-refractivity contribution in [3.8, 4) is 22.5 Å². The molecule has 11 nitrogen and oxygen atoms in total. The molecule has 0 aliphatic heterocycles. The molecule has 2 aromatic carbocycles. The van der Waals surface area contributed by atoms with E-state index in [9.17, 15) is 14.7 Å². The van der Waals surface area contributed by atoms with E-state index in [1.54, 1.807) is 47.2 Å². The quantitative estimate of drug-likeness (QED) is 0.206. The first kappa shape index (κ1) is 35.5. The monoisotopic (exact) mass is 670 g/mol. The summed E-state index contributed by atoms with van der Waals surface area (Å²) in [5.41, 5.74) is 2.36. The van der Waals surface area contributed by atoms with Gasteiger partial charge in [0, 0.05) is 23.6 Å². The van der Waals surface area contributed by atoms with Gasteiger partial charge >= 0.3 is 57.1 Å². The topological polar surface area (TPSA) is 141 Å². The van der Waals surface area contributed by atoms with Crippen molar-refractivity contribution in [2.24, 2.45) is 0 Å². The first-order valence-electron chi connectivity index (χ1n) is 15.8. The molecule has 1 fully saturated rings. The average molecular weight is 671 g/mol. The summed E-state index contributed by atoms with van der Waals surface area (Å²) in [6.07, 6.45) is 5.48. The van der Waals surface area contributed by atoms with Crippen LogP contribution in [0.1, 0.15) is 82.7 Å². The molecule has 0 radical (unpaired) electrons. The number of benzene rings is 2. The molecule has 3 heterocycles. The zero-order chi connectivity index (χ0) is 32.6. The molecule has 244 valence electrons. The summed E-state index contributed by atoms with van der Waals surface area (Å²) in [7, 11) is 0. The van der Waals surface area contributed by atoms with E-state index in [1.165, 1.54) is 12.4 Å². The fourth-order valence-corrected chi connectivity index (χ4v) is 6.31. The van der Waals surface area contributed by atoms with Crippen LogP contribution in [0.4, 0.5) is 4.39 Å². The third-order valence-electron chi connectivity index (χ3n) is 9.07. The minimum atomic E-state index is -0.945. The number of hydrogen-bond acceptors (Lipinski definition) is 8. The Morgan fingerprint density at radius 2 is 1.85 bits per heavy atom. The Morgan fingerprint density at radius 3 is 2.49 bits per heavy atom. The molecule has 47 heavy (non-hydrogen) atoms. The van der Waals surface area contributed by atoms with E-state index in [-0.39, 0.29) is 87.4 Å². The zero-order valence-electron chi connectivity index (χ0n) is 26.5. The van der Waals surface area contributed by atoms with Crippen molar-refractivity contribution in [1.29, 1.82) is 0 Å². The summed E-state index contributed by atoms with van der Waals surface area (Å²) in [5.74, 6) is -0.384. The van der Waals surface area contributed by atoms with Crippen molar-refractivity contribution >= 4 is 57.2 Å². The van der Waals surface area contributed by atoms with Gasteiger partial charge in [0.1, 0.15) is 12.1 Å². The van der Waals surface area contributed by atoms with Crippen molar-refractivity contribution in [2.45, 2.75) is 96.5 Å².